The number of carboxylic acids is 1. The van der Waals surface area contributed by atoms with Crippen LogP contribution in [0.4, 0.5) is 0 Å². The summed E-state index contributed by atoms with van der Waals surface area (Å²) in [6.07, 6.45) is -0.154. The second kappa shape index (κ2) is 8.98. The Morgan fingerprint density at radius 1 is 0.963 bits per heavy atom. The minimum Gasteiger partial charge on any atom is -0.480 e. The quantitative estimate of drug-likeness (QED) is 0.665. The molecule has 0 aliphatic carbocycles. The van der Waals surface area contributed by atoms with Gasteiger partial charge in [0.2, 0.25) is 5.91 Å². The first-order valence-corrected chi connectivity index (χ1v) is 8.80. The lowest BCUT2D eigenvalue weighted by atomic mass is 9.98. The number of aliphatic carboxylic acids is 1. The maximum atomic E-state index is 12.3. The molecule has 0 bridgehead atoms. The zero-order valence-corrected chi connectivity index (χ0v) is 15.4. The Balaban J connectivity index is 2.07. The molecule has 6 heteroatoms. The Labute approximate surface area is 158 Å². The molecule has 0 aromatic heterocycles. The topological polar surface area (TPSA) is 109 Å². The molecule has 6 nitrogen and oxygen atoms in total. The third-order valence-electron chi connectivity index (χ3n) is 4.34. The van der Waals surface area contributed by atoms with Crippen LogP contribution < -0.4 is 11.1 Å². The van der Waals surface area contributed by atoms with Gasteiger partial charge in [-0.3, -0.25) is 9.59 Å². The number of carbonyl (C=O) groups is 3. The summed E-state index contributed by atoms with van der Waals surface area (Å²) >= 11 is 0. The maximum Gasteiger partial charge on any atom is 0.326 e. The normalized spacial score (nSPS) is 11.8. The van der Waals surface area contributed by atoms with Crippen molar-refractivity contribution in [3.05, 3.63) is 59.7 Å². The highest BCUT2D eigenvalue weighted by Gasteiger charge is 2.21. The highest BCUT2D eigenvalue weighted by atomic mass is 16.4. The first-order chi connectivity index (χ1) is 12.8. The van der Waals surface area contributed by atoms with Crippen LogP contribution >= 0.6 is 0 Å². The van der Waals surface area contributed by atoms with Gasteiger partial charge in [0.15, 0.2) is 0 Å². The van der Waals surface area contributed by atoms with E-state index >= 15 is 0 Å². The molecule has 2 rings (SSSR count). The maximum absolute atomic E-state index is 12.3. The summed E-state index contributed by atoms with van der Waals surface area (Å²) in [5.41, 5.74) is 8.64. The largest absolute Gasteiger partial charge is 0.480 e. The molecule has 0 fully saturated rings. The highest BCUT2D eigenvalue weighted by Crippen LogP contribution is 2.23. The van der Waals surface area contributed by atoms with Gasteiger partial charge in [0.25, 0.3) is 5.91 Å². The van der Waals surface area contributed by atoms with Crippen molar-refractivity contribution in [2.75, 3.05) is 0 Å². The average Bonchev–Trinajstić information content (AvgIpc) is 2.64. The van der Waals surface area contributed by atoms with Crippen molar-refractivity contribution in [3.63, 3.8) is 0 Å². The monoisotopic (exact) mass is 368 g/mol. The third kappa shape index (κ3) is 5.67. The fourth-order valence-electron chi connectivity index (χ4n) is 2.66. The van der Waals surface area contributed by atoms with Gasteiger partial charge in [0.05, 0.1) is 0 Å². The van der Waals surface area contributed by atoms with E-state index in [0.29, 0.717) is 11.5 Å². The van der Waals surface area contributed by atoms with Crippen LogP contribution in [0, 0.1) is 0 Å². The second-order valence-electron chi connectivity index (χ2n) is 6.72. The van der Waals surface area contributed by atoms with Crippen molar-refractivity contribution in [1.29, 1.82) is 0 Å². The predicted molar refractivity (Wildman–Crippen MR) is 103 cm³/mol. The molecular formula is C21H24N2O4. The van der Waals surface area contributed by atoms with Crippen molar-refractivity contribution in [1.82, 2.24) is 5.32 Å². The van der Waals surface area contributed by atoms with Crippen molar-refractivity contribution >= 4 is 17.8 Å². The van der Waals surface area contributed by atoms with Gasteiger partial charge in [0, 0.05) is 12.0 Å². The van der Waals surface area contributed by atoms with E-state index in [2.05, 4.69) is 31.3 Å². The molecule has 0 aliphatic heterocycles. The molecule has 0 saturated carbocycles. The molecule has 0 radical (unpaired) electrons. The van der Waals surface area contributed by atoms with E-state index in [9.17, 15) is 14.4 Å². The minimum absolute atomic E-state index is 0.0450. The third-order valence-corrected chi connectivity index (χ3v) is 4.34. The second-order valence-corrected chi connectivity index (χ2v) is 6.72. The van der Waals surface area contributed by atoms with Crippen molar-refractivity contribution in [2.24, 2.45) is 5.73 Å². The van der Waals surface area contributed by atoms with E-state index in [1.165, 1.54) is 5.56 Å². The highest BCUT2D eigenvalue weighted by molar-refractivity contribution is 5.97. The number of carbonyl (C=O) groups excluding carboxylic acids is 2. The SMILES string of the molecule is CC(C)c1ccc(-c2ccc(C(=O)N[C@@H](CCC(N)=O)C(=O)O)cc2)cc1. The van der Waals surface area contributed by atoms with Gasteiger partial charge in [-0.25, -0.2) is 4.79 Å². The van der Waals surface area contributed by atoms with Crippen LogP contribution in [0.2, 0.25) is 0 Å². The first kappa shape index (κ1) is 20.2. The summed E-state index contributed by atoms with van der Waals surface area (Å²) in [6, 6.07) is 14.0. The van der Waals surface area contributed by atoms with Crippen LogP contribution in [0.15, 0.2) is 48.5 Å². The fraction of sp³-hybridized carbons (Fsp3) is 0.286. The van der Waals surface area contributed by atoms with Crippen molar-refractivity contribution in [2.45, 2.75) is 38.6 Å². The Kier molecular flexibility index (Phi) is 6.71. The molecule has 0 saturated heterocycles. The predicted octanol–water partition coefficient (Wildman–Crippen LogP) is 2.93. The number of carboxylic acid groups (broad SMARTS) is 1. The molecule has 0 unspecified atom stereocenters. The van der Waals surface area contributed by atoms with Crippen LogP contribution in [0.3, 0.4) is 0 Å². The van der Waals surface area contributed by atoms with Gasteiger partial charge < -0.3 is 16.2 Å². The van der Waals surface area contributed by atoms with Gasteiger partial charge in [-0.2, -0.15) is 0 Å². The minimum atomic E-state index is -1.20. The lowest BCUT2D eigenvalue weighted by Gasteiger charge is -2.14. The standard InChI is InChI=1S/C21H24N2O4/c1-13(2)14-3-5-15(6-4-14)16-7-9-17(10-8-16)20(25)23-18(21(26)27)11-12-19(22)24/h3-10,13,18H,11-12H2,1-2H3,(H2,22,24)(H,23,25)(H,26,27)/t18-/m0/s1. The number of hydrogen-bond donors (Lipinski definition) is 3. The summed E-state index contributed by atoms with van der Waals surface area (Å²) < 4.78 is 0. The van der Waals surface area contributed by atoms with Gasteiger partial charge in [-0.05, 0) is 41.2 Å². The smallest absolute Gasteiger partial charge is 0.326 e. The van der Waals surface area contributed by atoms with Crippen LogP contribution in [0.5, 0.6) is 0 Å². The molecule has 2 aromatic carbocycles. The molecule has 2 aromatic rings. The summed E-state index contributed by atoms with van der Waals surface area (Å²) in [7, 11) is 0. The lowest BCUT2D eigenvalue weighted by molar-refractivity contribution is -0.139. The molecule has 0 aliphatic rings. The number of rotatable bonds is 8. The summed E-state index contributed by atoms with van der Waals surface area (Å²) in [4.78, 5) is 34.3. The average molecular weight is 368 g/mol. The van der Waals surface area contributed by atoms with Gasteiger partial charge in [-0.15, -0.1) is 0 Å². The van der Waals surface area contributed by atoms with E-state index in [-0.39, 0.29) is 12.8 Å². The van der Waals surface area contributed by atoms with Crippen molar-refractivity contribution < 1.29 is 19.5 Å². The van der Waals surface area contributed by atoms with Crippen LogP contribution in [0.1, 0.15) is 48.5 Å². The first-order valence-electron chi connectivity index (χ1n) is 8.80. The molecule has 0 heterocycles. The number of primary amides is 1. The van der Waals surface area contributed by atoms with E-state index in [4.69, 9.17) is 10.8 Å². The summed E-state index contributed by atoms with van der Waals surface area (Å²) in [5.74, 6) is -1.86. The number of nitrogens with two attached hydrogens (primary N) is 1. The van der Waals surface area contributed by atoms with E-state index in [1.54, 1.807) is 12.1 Å². The van der Waals surface area contributed by atoms with Gasteiger partial charge in [-0.1, -0.05) is 50.2 Å². The number of nitrogens with one attached hydrogen (secondary N) is 1. The van der Waals surface area contributed by atoms with Gasteiger partial charge >= 0.3 is 5.97 Å². The van der Waals surface area contributed by atoms with Crippen molar-refractivity contribution in [3.8, 4) is 11.1 Å². The van der Waals surface area contributed by atoms with Gasteiger partial charge in [0.1, 0.15) is 6.04 Å². The van der Waals surface area contributed by atoms with Crippen LogP contribution in [-0.2, 0) is 9.59 Å². The van der Waals surface area contributed by atoms with E-state index in [1.807, 2.05) is 24.3 Å². The zero-order valence-electron chi connectivity index (χ0n) is 15.4. The molecule has 142 valence electrons. The van der Waals surface area contributed by atoms with Crippen LogP contribution in [-0.4, -0.2) is 28.9 Å². The molecular weight excluding hydrogens is 344 g/mol. The Hall–Kier alpha value is -3.15. The van der Waals surface area contributed by atoms with E-state index in [0.717, 1.165) is 11.1 Å². The van der Waals surface area contributed by atoms with E-state index < -0.39 is 23.8 Å². The molecule has 0 spiro atoms. The Bertz CT molecular complexity index is 811. The molecule has 1 atom stereocenters. The van der Waals surface area contributed by atoms with Crippen LogP contribution in [0.25, 0.3) is 11.1 Å². The number of amides is 2. The number of hydrogen-bond acceptors (Lipinski definition) is 3. The zero-order chi connectivity index (χ0) is 20.0. The molecule has 27 heavy (non-hydrogen) atoms. The fourth-order valence-corrected chi connectivity index (χ4v) is 2.66. The molecule has 4 N–H and O–H groups in total. The lowest BCUT2D eigenvalue weighted by Crippen LogP contribution is -2.41. The Morgan fingerprint density at radius 3 is 1.93 bits per heavy atom. The summed E-state index contributed by atoms with van der Waals surface area (Å²) in [5, 5.41) is 11.6. The Morgan fingerprint density at radius 2 is 1.48 bits per heavy atom. The summed E-state index contributed by atoms with van der Waals surface area (Å²) in [6.45, 7) is 4.27. The molecule has 2 amide bonds. The number of benzene rings is 2.